The van der Waals surface area contributed by atoms with Crippen LogP contribution in [-0.2, 0) is 13.0 Å². The molecule has 3 aromatic rings. The lowest BCUT2D eigenvalue weighted by atomic mass is 10.2. The largest absolute Gasteiger partial charge is 0.444 e. The minimum Gasteiger partial charge on any atom is -0.444 e. The lowest BCUT2D eigenvalue weighted by molar-refractivity contribution is 0.572. The van der Waals surface area contributed by atoms with Gasteiger partial charge >= 0.3 is 0 Å². The first kappa shape index (κ1) is 19.2. The van der Waals surface area contributed by atoms with E-state index in [1.54, 1.807) is 6.26 Å². The van der Waals surface area contributed by atoms with Crippen molar-refractivity contribution in [2.45, 2.75) is 39.8 Å². The monoisotopic (exact) mass is 382 g/mol. The van der Waals surface area contributed by atoms with Crippen molar-refractivity contribution in [3.63, 3.8) is 0 Å². The van der Waals surface area contributed by atoms with E-state index < -0.39 is 0 Å². The zero-order valence-corrected chi connectivity index (χ0v) is 16.8. The van der Waals surface area contributed by atoms with Crippen molar-refractivity contribution in [3.8, 4) is 11.5 Å². The third kappa shape index (κ3) is 5.69. The molecule has 0 radical (unpaired) electrons. The van der Waals surface area contributed by atoms with Crippen molar-refractivity contribution < 1.29 is 4.42 Å². The number of nitrogens with zero attached hydrogens (tertiary/aromatic N) is 2. The lowest BCUT2D eigenvalue weighted by Crippen LogP contribution is -2.43. The number of aromatic nitrogens is 1. The summed E-state index contributed by atoms with van der Waals surface area (Å²) in [5.74, 6) is 1.42. The summed E-state index contributed by atoms with van der Waals surface area (Å²) in [6.07, 6.45) is 2.65. The number of guanidine groups is 1. The molecule has 1 atom stereocenters. The third-order valence-electron chi connectivity index (χ3n) is 4.00. The molecular formula is C21H26N4OS. The van der Waals surface area contributed by atoms with E-state index in [1.807, 2.05) is 41.7 Å². The van der Waals surface area contributed by atoms with Gasteiger partial charge in [-0.25, -0.2) is 9.98 Å². The molecule has 2 heterocycles. The summed E-state index contributed by atoms with van der Waals surface area (Å²) in [6.45, 7) is 7.65. The molecule has 0 aliphatic carbocycles. The van der Waals surface area contributed by atoms with E-state index in [0.29, 0.717) is 12.4 Å². The maximum absolute atomic E-state index is 5.59. The maximum atomic E-state index is 5.59. The molecule has 2 aromatic heterocycles. The Morgan fingerprint density at radius 1 is 1.22 bits per heavy atom. The van der Waals surface area contributed by atoms with Crippen LogP contribution in [0.15, 0.2) is 58.1 Å². The number of aliphatic imine (C=N–C) groups is 1. The van der Waals surface area contributed by atoms with E-state index in [0.717, 1.165) is 30.2 Å². The van der Waals surface area contributed by atoms with Crippen LogP contribution in [0.1, 0.15) is 29.3 Å². The Balaban J connectivity index is 1.61. The highest BCUT2D eigenvalue weighted by molar-refractivity contribution is 7.11. The fourth-order valence-electron chi connectivity index (χ4n) is 2.75. The number of oxazole rings is 1. The molecule has 142 valence electrons. The zero-order chi connectivity index (χ0) is 19.1. The van der Waals surface area contributed by atoms with E-state index in [-0.39, 0.29) is 6.04 Å². The molecule has 0 aliphatic rings. The molecule has 5 nitrogen and oxygen atoms in total. The minimum atomic E-state index is 0.290. The zero-order valence-electron chi connectivity index (χ0n) is 16.0. The molecule has 0 saturated heterocycles. The minimum absolute atomic E-state index is 0.290. The van der Waals surface area contributed by atoms with Gasteiger partial charge in [0.25, 0.3) is 0 Å². The Labute approximate surface area is 164 Å². The third-order valence-corrected chi connectivity index (χ3v) is 5.03. The smallest absolute Gasteiger partial charge is 0.226 e. The standard InChI is InChI=1S/C21H26N4OS/c1-4-22-21(24-15(2)12-19-11-10-16(3)27-19)23-13-18-14-26-20(25-18)17-8-6-5-7-9-17/h5-11,14-15H,4,12-13H2,1-3H3,(H2,22,23,24). The molecule has 1 unspecified atom stereocenters. The van der Waals surface area contributed by atoms with Crippen LogP contribution in [0.5, 0.6) is 0 Å². The normalized spacial score (nSPS) is 12.8. The Morgan fingerprint density at radius 3 is 2.74 bits per heavy atom. The van der Waals surface area contributed by atoms with Crippen LogP contribution in [0.25, 0.3) is 11.5 Å². The van der Waals surface area contributed by atoms with Gasteiger partial charge in [-0.2, -0.15) is 0 Å². The van der Waals surface area contributed by atoms with Gasteiger partial charge < -0.3 is 15.1 Å². The predicted octanol–water partition coefficient (Wildman–Crippen LogP) is 4.40. The van der Waals surface area contributed by atoms with Gasteiger partial charge in [-0.3, -0.25) is 0 Å². The SMILES string of the molecule is CCNC(=NCc1coc(-c2ccccc2)n1)NC(C)Cc1ccc(C)s1. The average Bonchev–Trinajstić information content (AvgIpc) is 3.30. The summed E-state index contributed by atoms with van der Waals surface area (Å²) >= 11 is 1.84. The molecule has 6 heteroatoms. The second-order valence-corrected chi connectivity index (χ2v) is 7.84. The number of hydrogen-bond acceptors (Lipinski definition) is 4. The second-order valence-electron chi connectivity index (χ2n) is 6.47. The average molecular weight is 383 g/mol. The topological polar surface area (TPSA) is 62.5 Å². The summed E-state index contributed by atoms with van der Waals surface area (Å²) in [7, 11) is 0. The first-order valence-corrected chi connectivity index (χ1v) is 10.1. The molecule has 0 amide bonds. The number of aryl methyl sites for hydroxylation is 1. The molecule has 2 N–H and O–H groups in total. The Hall–Kier alpha value is -2.60. The van der Waals surface area contributed by atoms with Gasteiger partial charge in [0.05, 0.1) is 6.54 Å². The molecule has 0 spiro atoms. The number of hydrogen-bond donors (Lipinski definition) is 2. The number of nitrogens with one attached hydrogen (secondary N) is 2. The lowest BCUT2D eigenvalue weighted by Gasteiger charge is -2.17. The van der Waals surface area contributed by atoms with Gasteiger partial charge in [0.2, 0.25) is 5.89 Å². The number of benzene rings is 1. The van der Waals surface area contributed by atoms with E-state index in [9.17, 15) is 0 Å². The highest BCUT2D eigenvalue weighted by atomic mass is 32.1. The molecule has 0 saturated carbocycles. The van der Waals surface area contributed by atoms with E-state index >= 15 is 0 Å². The van der Waals surface area contributed by atoms with Crippen LogP contribution >= 0.6 is 11.3 Å². The number of rotatable bonds is 7. The molecule has 0 fully saturated rings. The molecule has 1 aromatic carbocycles. The summed E-state index contributed by atoms with van der Waals surface area (Å²) in [5.41, 5.74) is 1.78. The first-order valence-electron chi connectivity index (χ1n) is 9.24. The van der Waals surface area contributed by atoms with Gasteiger partial charge in [0.15, 0.2) is 5.96 Å². The van der Waals surface area contributed by atoms with Crippen molar-refractivity contribution >= 4 is 17.3 Å². The van der Waals surface area contributed by atoms with E-state index in [2.05, 4.69) is 53.5 Å². The van der Waals surface area contributed by atoms with Crippen molar-refractivity contribution in [2.24, 2.45) is 4.99 Å². The fourth-order valence-corrected chi connectivity index (χ4v) is 3.77. The van der Waals surface area contributed by atoms with Crippen LogP contribution in [0.4, 0.5) is 0 Å². The Bertz CT molecular complexity index is 869. The summed E-state index contributed by atoms with van der Waals surface area (Å²) in [5, 5.41) is 6.77. The molecule has 0 bridgehead atoms. The van der Waals surface area contributed by atoms with Crippen molar-refractivity contribution in [1.29, 1.82) is 0 Å². The summed E-state index contributed by atoms with van der Waals surface area (Å²) < 4.78 is 5.59. The van der Waals surface area contributed by atoms with Gasteiger partial charge in [-0.05, 0) is 45.0 Å². The quantitative estimate of drug-likeness (QED) is 0.470. The van der Waals surface area contributed by atoms with E-state index in [4.69, 9.17) is 4.42 Å². The molecule has 0 aliphatic heterocycles. The van der Waals surface area contributed by atoms with Crippen molar-refractivity contribution in [1.82, 2.24) is 15.6 Å². The molecule has 27 heavy (non-hydrogen) atoms. The highest BCUT2D eigenvalue weighted by Crippen LogP contribution is 2.18. The van der Waals surface area contributed by atoms with Crippen LogP contribution < -0.4 is 10.6 Å². The van der Waals surface area contributed by atoms with Gasteiger partial charge in [-0.15, -0.1) is 11.3 Å². The summed E-state index contributed by atoms with van der Waals surface area (Å²) in [4.78, 5) is 11.9. The predicted molar refractivity (Wildman–Crippen MR) is 112 cm³/mol. The second kappa shape index (κ2) is 9.37. The van der Waals surface area contributed by atoms with Crippen molar-refractivity contribution in [3.05, 3.63) is 64.2 Å². The first-order chi connectivity index (χ1) is 13.1. The molecular weight excluding hydrogens is 356 g/mol. The van der Waals surface area contributed by atoms with Crippen LogP contribution in [0.2, 0.25) is 0 Å². The van der Waals surface area contributed by atoms with Gasteiger partial charge in [0.1, 0.15) is 12.0 Å². The van der Waals surface area contributed by atoms with Crippen LogP contribution in [0.3, 0.4) is 0 Å². The molecule has 3 rings (SSSR count). The Kier molecular flexibility index (Phi) is 6.65. The van der Waals surface area contributed by atoms with E-state index in [1.165, 1.54) is 9.75 Å². The van der Waals surface area contributed by atoms with Crippen LogP contribution in [-0.4, -0.2) is 23.5 Å². The summed E-state index contributed by atoms with van der Waals surface area (Å²) in [6, 6.07) is 14.5. The Morgan fingerprint density at radius 2 is 2.04 bits per heavy atom. The van der Waals surface area contributed by atoms with Crippen LogP contribution in [0, 0.1) is 6.92 Å². The van der Waals surface area contributed by atoms with Gasteiger partial charge in [0, 0.05) is 34.3 Å². The van der Waals surface area contributed by atoms with Gasteiger partial charge in [-0.1, -0.05) is 18.2 Å². The van der Waals surface area contributed by atoms with Crippen molar-refractivity contribution in [2.75, 3.05) is 6.54 Å². The maximum Gasteiger partial charge on any atom is 0.226 e. The highest BCUT2D eigenvalue weighted by Gasteiger charge is 2.09. The number of thiophene rings is 1. The fraction of sp³-hybridized carbons (Fsp3) is 0.333.